The molecule has 15 heavy (non-hydrogen) atoms. The van der Waals surface area contributed by atoms with Crippen LogP contribution in [0.15, 0.2) is 5.16 Å². The standard InChI is InChI=1S/C9H13NO5/c1-9(2,3)14-8(13)5-4-6(7(11)12)15-10-5/h6H,4H2,1-3H3,(H,11,12)/t6-/m1/s1. The Kier molecular flexibility index (Phi) is 2.97. The smallest absolute Gasteiger partial charge is 0.356 e. The van der Waals surface area contributed by atoms with Crippen molar-refractivity contribution in [3.05, 3.63) is 0 Å². The summed E-state index contributed by atoms with van der Waals surface area (Å²) in [6.45, 7) is 5.15. The molecule has 0 spiro atoms. The van der Waals surface area contributed by atoms with Gasteiger partial charge in [0.25, 0.3) is 0 Å². The van der Waals surface area contributed by atoms with Crippen molar-refractivity contribution >= 4 is 17.7 Å². The number of esters is 1. The van der Waals surface area contributed by atoms with Gasteiger partial charge in [0.15, 0.2) is 5.71 Å². The van der Waals surface area contributed by atoms with E-state index in [4.69, 9.17) is 9.84 Å². The van der Waals surface area contributed by atoms with Gasteiger partial charge in [-0.1, -0.05) is 5.16 Å². The average Bonchev–Trinajstić information content (AvgIpc) is 2.47. The Bertz CT molecular complexity index is 315. The van der Waals surface area contributed by atoms with Crippen LogP contribution in [0.2, 0.25) is 0 Å². The first-order valence-electron chi connectivity index (χ1n) is 4.48. The molecule has 84 valence electrons. The molecule has 0 aromatic rings. The largest absolute Gasteiger partial charge is 0.478 e. The van der Waals surface area contributed by atoms with Crippen LogP contribution in [0.4, 0.5) is 0 Å². The highest BCUT2D eigenvalue weighted by molar-refractivity contribution is 6.37. The number of carboxylic acid groups (broad SMARTS) is 1. The van der Waals surface area contributed by atoms with Gasteiger partial charge in [-0.15, -0.1) is 0 Å². The molecular weight excluding hydrogens is 202 g/mol. The SMILES string of the molecule is CC(C)(C)OC(=O)C1=NO[C@@H](C(=O)O)C1. The monoisotopic (exact) mass is 215 g/mol. The van der Waals surface area contributed by atoms with Gasteiger partial charge in [-0.2, -0.15) is 0 Å². The zero-order valence-corrected chi connectivity index (χ0v) is 8.81. The van der Waals surface area contributed by atoms with Crippen LogP contribution in [-0.4, -0.2) is 34.5 Å². The molecule has 1 N–H and O–H groups in total. The molecule has 0 fully saturated rings. The van der Waals surface area contributed by atoms with Crippen molar-refractivity contribution in [2.24, 2.45) is 5.16 Å². The fourth-order valence-corrected chi connectivity index (χ4v) is 0.967. The number of carbonyl (C=O) groups excluding carboxylic acids is 1. The molecule has 0 aliphatic carbocycles. The third-order valence-corrected chi connectivity index (χ3v) is 1.58. The van der Waals surface area contributed by atoms with Gasteiger partial charge in [-0.3, -0.25) is 0 Å². The predicted molar refractivity (Wildman–Crippen MR) is 50.4 cm³/mol. The molecule has 0 saturated carbocycles. The number of carbonyl (C=O) groups is 2. The number of hydrogen-bond acceptors (Lipinski definition) is 5. The van der Waals surface area contributed by atoms with E-state index in [-0.39, 0.29) is 12.1 Å². The molecule has 6 nitrogen and oxygen atoms in total. The van der Waals surface area contributed by atoms with Crippen LogP contribution in [-0.2, 0) is 19.2 Å². The van der Waals surface area contributed by atoms with E-state index in [1.54, 1.807) is 20.8 Å². The van der Waals surface area contributed by atoms with Gasteiger partial charge in [0.1, 0.15) is 5.60 Å². The van der Waals surface area contributed by atoms with E-state index in [0.717, 1.165) is 0 Å². The minimum absolute atomic E-state index is 0.0114. The number of rotatable bonds is 2. The van der Waals surface area contributed by atoms with Gasteiger partial charge in [-0.25, -0.2) is 9.59 Å². The molecule has 1 aliphatic heterocycles. The Balaban J connectivity index is 2.54. The topological polar surface area (TPSA) is 85.2 Å². The van der Waals surface area contributed by atoms with Gasteiger partial charge in [0.05, 0.1) is 6.42 Å². The number of oxime groups is 1. The van der Waals surface area contributed by atoms with E-state index in [1.807, 2.05) is 0 Å². The molecule has 1 atom stereocenters. The highest BCUT2D eigenvalue weighted by Crippen LogP contribution is 2.15. The summed E-state index contributed by atoms with van der Waals surface area (Å²) in [6, 6.07) is 0. The Morgan fingerprint density at radius 1 is 1.53 bits per heavy atom. The zero-order valence-electron chi connectivity index (χ0n) is 8.81. The molecule has 0 radical (unpaired) electrons. The molecule has 0 amide bonds. The maximum atomic E-state index is 11.4. The summed E-state index contributed by atoms with van der Waals surface area (Å²) >= 11 is 0. The second-order valence-corrected chi connectivity index (χ2v) is 4.18. The van der Waals surface area contributed by atoms with Gasteiger partial charge >= 0.3 is 11.9 Å². The lowest BCUT2D eigenvalue weighted by atomic mass is 10.1. The molecule has 0 aromatic heterocycles. The highest BCUT2D eigenvalue weighted by atomic mass is 16.7. The summed E-state index contributed by atoms with van der Waals surface area (Å²) in [5.74, 6) is -1.77. The van der Waals surface area contributed by atoms with Gasteiger partial charge in [0.2, 0.25) is 6.10 Å². The molecule has 0 saturated heterocycles. The van der Waals surface area contributed by atoms with E-state index >= 15 is 0 Å². The van der Waals surface area contributed by atoms with Crippen LogP contribution >= 0.6 is 0 Å². The van der Waals surface area contributed by atoms with Crippen molar-refractivity contribution in [2.45, 2.75) is 38.9 Å². The molecule has 6 heteroatoms. The number of aliphatic carboxylic acids is 1. The summed E-state index contributed by atoms with van der Waals surface area (Å²) in [7, 11) is 0. The van der Waals surface area contributed by atoms with Gasteiger partial charge in [-0.05, 0) is 20.8 Å². The molecule has 0 unspecified atom stereocenters. The lowest BCUT2D eigenvalue weighted by Gasteiger charge is -2.18. The maximum absolute atomic E-state index is 11.4. The fourth-order valence-electron chi connectivity index (χ4n) is 0.967. The van der Waals surface area contributed by atoms with Crippen LogP contribution in [0.5, 0.6) is 0 Å². The second kappa shape index (κ2) is 3.88. The predicted octanol–water partition coefficient (Wildman–Crippen LogP) is 0.558. The third kappa shape index (κ3) is 3.23. The van der Waals surface area contributed by atoms with Crippen molar-refractivity contribution in [3.63, 3.8) is 0 Å². The van der Waals surface area contributed by atoms with Crippen molar-refractivity contribution in [2.75, 3.05) is 0 Å². The molecular formula is C9H13NO5. The molecule has 1 rings (SSSR count). The van der Waals surface area contributed by atoms with Crippen molar-refractivity contribution < 1.29 is 24.3 Å². The first kappa shape index (κ1) is 11.5. The molecule has 1 heterocycles. The quantitative estimate of drug-likeness (QED) is 0.680. The third-order valence-electron chi connectivity index (χ3n) is 1.58. The Labute approximate surface area is 86.8 Å². The normalized spacial score (nSPS) is 20.5. The number of nitrogens with zero attached hydrogens (tertiary/aromatic N) is 1. The lowest BCUT2D eigenvalue weighted by molar-refractivity contribution is -0.148. The maximum Gasteiger partial charge on any atom is 0.356 e. The van der Waals surface area contributed by atoms with Crippen molar-refractivity contribution in [1.29, 1.82) is 0 Å². The molecule has 1 aliphatic rings. The zero-order chi connectivity index (χ0) is 11.6. The summed E-state index contributed by atoms with van der Waals surface area (Å²) in [6.07, 6.45) is -1.13. The van der Waals surface area contributed by atoms with Crippen LogP contribution in [0, 0.1) is 0 Å². The van der Waals surface area contributed by atoms with E-state index in [9.17, 15) is 9.59 Å². The highest BCUT2D eigenvalue weighted by Gasteiger charge is 2.33. The molecule has 0 aromatic carbocycles. The number of hydrogen-bond donors (Lipinski definition) is 1. The van der Waals surface area contributed by atoms with E-state index in [1.165, 1.54) is 0 Å². The summed E-state index contributed by atoms with van der Waals surface area (Å²) in [5, 5.41) is 12.0. The number of carboxylic acids is 1. The minimum atomic E-state index is -1.14. The lowest BCUT2D eigenvalue weighted by Crippen LogP contribution is -2.29. The van der Waals surface area contributed by atoms with E-state index in [0.29, 0.717) is 0 Å². The second-order valence-electron chi connectivity index (χ2n) is 4.18. The van der Waals surface area contributed by atoms with Crippen LogP contribution in [0.3, 0.4) is 0 Å². The fraction of sp³-hybridized carbons (Fsp3) is 0.667. The Hall–Kier alpha value is -1.59. The first-order valence-corrected chi connectivity index (χ1v) is 4.48. The van der Waals surface area contributed by atoms with E-state index < -0.39 is 23.6 Å². The van der Waals surface area contributed by atoms with Crippen molar-refractivity contribution in [1.82, 2.24) is 0 Å². The summed E-state index contributed by atoms with van der Waals surface area (Å²) in [5.41, 5.74) is -0.613. The van der Waals surface area contributed by atoms with Crippen LogP contribution in [0.1, 0.15) is 27.2 Å². The van der Waals surface area contributed by atoms with Crippen LogP contribution < -0.4 is 0 Å². The van der Waals surface area contributed by atoms with E-state index in [2.05, 4.69) is 9.99 Å². The Morgan fingerprint density at radius 2 is 2.13 bits per heavy atom. The minimum Gasteiger partial charge on any atom is -0.478 e. The molecule has 0 bridgehead atoms. The first-order chi connectivity index (χ1) is 6.79. The van der Waals surface area contributed by atoms with Gasteiger partial charge in [0, 0.05) is 0 Å². The average molecular weight is 215 g/mol. The number of ether oxygens (including phenoxy) is 1. The van der Waals surface area contributed by atoms with Gasteiger partial charge < -0.3 is 14.7 Å². The summed E-state index contributed by atoms with van der Waals surface area (Å²) in [4.78, 5) is 26.5. The Morgan fingerprint density at radius 3 is 2.53 bits per heavy atom. The summed E-state index contributed by atoms with van der Waals surface area (Å²) < 4.78 is 5.01. The van der Waals surface area contributed by atoms with Crippen LogP contribution in [0.25, 0.3) is 0 Å². The van der Waals surface area contributed by atoms with Crippen molar-refractivity contribution in [3.8, 4) is 0 Å².